The molecule has 0 spiro atoms. The van der Waals surface area contributed by atoms with Crippen LogP contribution in [0.2, 0.25) is 0 Å². The predicted molar refractivity (Wildman–Crippen MR) is 84.6 cm³/mol. The highest BCUT2D eigenvalue weighted by molar-refractivity contribution is 5.99. The molecule has 0 aromatic heterocycles. The highest BCUT2D eigenvalue weighted by atomic mass is 16.6. The number of carbonyl (C=O) groups is 1. The maximum atomic E-state index is 12.2. The molecule has 0 unspecified atom stereocenters. The standard InChI is InChI=1S/C16H17N3O3/c1-10-3-4-12(7-11(10)2)9-18-16(20)14-8-13(19(21)22)5-6-15(14)17/h3-8H,9,17H2,1-2H3,(H,18,20). The minimum atomic E-state index is -0.556. The van der Waals surface area contributed by atoms with E-state index in [1.165, 1.54) is 23.8 Å². The first kappa shape index (κ1) is 15.5. The first-order valence-electron chi connectivity index (χ1n) is 6.76. The lowest BCUT2D eigenvalue weighted by atomic mass is 10.1. The molecule has 0 radical (unpaired) electrons. The Morgan fingerprint density at radius 3 is 2.55 bits per heavy atom. The molecular weight excluding hydrogens is 282 g/mol. The quantitative estimate of drug-likeness (QED) is 0.515. The number of nitro benzene ring substituents is 1. The van der Waals surface area contributed by atoms with E-state index < -0.39 is 10.8 Å². The number of amides is 1. The number of hydrogen-bond donors (Lipinski definition) is 2. The molecule has 0 fully saturated rings. The van der Waals surface area contributed by atoms with E-state index in [1.807, 2.05) is 32.0 Å². The molecule has 1 amide bonds. The van der Waals surface area contributed by atoms with E-state index >= 15 is 0 Å². The fourth-order valence-electron chi connectivity index (χ4n) is 2.05. The normalized spacial score (nSPS) is 10.3. The maximum absolute atomic E-state index is 12.2. The molecule has 2 aromatic carbocycles. The highest BCUT2D eigenvalue weighted by Gasteiger charge is 2.15. The minimum absolute atomic E-state index is 0.109. The molecule has 114 valence electrons. The van der Waals surface area contributed by atoms with Crippen LogP contribution in [0.3, 0.4) is 0 Å². The Balaban J connectivity index is 2.13. The van der Waals surface area contributed by atoms with E-state index in [1.54, 1.807) is 0 Å². The lowest BCUT2D eigenvalue weighted by Gasteiger charge is -2.09. The van der Waals surface area contributed by atoms with Crippen molar-refractivity contribution in [2.75, 3.05) is 5.73 Å². The van der Waals surface area contributed by atoms with Crippen molar-refractivity contribution in [2.24, 2.45) is 0 Å². The number of non-ortho nitro benzene ring substituents is 1. The van der Waals surface area contributed by atoms with Gasteiger partial charge in [0.25, 0.3) is 11.6 Å². The second kappa shape index (κ2) is 6.26. The summed E-state index contributed by atoms with van der Waals surface area (Å²) in [7, 11) is 0. The van der Waals surface area contributed by atoms with Gasteiger partial charge in [-0.05, 0) is 36.6 Å². The second-order valence-electron chi connectivity index (χ2n) is 5.13. The Kier molecular flexibility index (Phi) is 4.41. The van der Waals surface area contributed by atoms with Crippen molar-refractivity contribution in [2.45, 2.75) is 20.4 Å². The number of nitrogen functional groups attached to an aromatic ring is 1. The molecule has 0 aliphatic heterocycles. The molecule has 2 aromatic rings. The third kappa shape index (κ3) is 3.41. The summed E-state index contributed by atoms with van der Waals surface area (Å²) in [6.07, 6.45) is 0. The van der Waals surface area contributed by atoms with E-state index in [0.717, 1.165) is 11.1 Å². The van der Waals surface area contributed by atoms with Crippen LogP contribution in [0.1, 0.15) is 27.0 Å². The first-order chi connectivity index (χ1) is 10.4. The van der Waals surface area contributed by atoms with Gasteiger partial charge < -0.3 is 11.1 Å². The SMILES string of the molecule is Cc1ccc(CNC(=O)c2cc([N+](=O)[O-])ccc2N)cc1C. The molecule has 3 N–H and O–H groups in total. The van der Waals surface area contributed by atoms with Crippen LogP contribution in [-0.4, -0.2) is 10.8 Å². The zero-order chi connectivity index (χ0) is 16.3. The highest BCUT2D eigenvalue weighted by Crippen LogP contribution is 2.19. The van der Waals surface area contributed by atoms with Crippen molar-refractivity contribution in [3.05, 3.63) is 68.8 Å². The summed E-state index contributed by atoms with van der Waals surface area (Å²) in [4.78, 5) is 22.4. The summed E-state index contributed by atoms with van der Waals surface area (Å²) in [6.45, 7) is 4.35. The summed E-state index contributed by atoms with van der Waals surface area (Å²) in [5.41, 5.74) is 9.16. The van der Waals surface area contributed by atoms with Gasteiger partial charge >= 0.3 is 0 Å². The van der Waals surface area contributed by atoms with Crippen LogP contribution >= 0.6 is 0 Å². The number of aryl methyl sites for hydroxylation is 2. The molecule has 0 bridgehead atoms. The summed E-state index contributed by atoms with van der Waals surface area (Å²) in [6, 6.07) is 9.73. The van der Waals surface area contributed by atoms with Crippen LogP contribution in [0.4, 0.5) is 11.4 Å². The van der Waals surface area contributed by atoms with E-state index in [9.17, 15) is 14.9 Å². The third-order valence-electron chi connectivity index (χ3n) is 3.52. The molecule has 22 heavy (non-hydrogen) atoms. The molecule has 2 rings (SSSR count). The topological polar surface area (TPSA) is 98.3 Å². The van der Waals surface area contributed by atoms with Crippen LogP contribution < -0.4 is 11.1 Å². The summed E-state index contributed by atoms with van der Waals surface area (Å²) in [5.74, 6) is -0.431. The molecular formula is C16H17N3O3. The van der Waals surface area contributed by atoms with E-state index in [0.29, 0.717) is 6.54 Å². The van der Waals surface area contributed by atoms with Gasteiger partial charge in [-0.15, -0.1) is 0 Å². The fraction of sp³-hybridized carbons (Fsp3) is 0.188. The Morgan fingerprint density at radius 1 is 1.18 bits per heavy atom. The fourth-order valence-corrected chi connectivity index (χ4v) is 2.05. The number of benzene rings is 2. The average molecular weight is 299 g/mol. The number of nitrogens with zero attached hydrogens (tertiary/aromatic N) is 1. The van der Waals surface area contributed by atoms with Crippen LogP contribution in [0, 0.1) is 24.0 Å². The van der Waals surface area contributed by atoms with Gasteiger partial charge in [0, 0.05) is 24.4 Å². The Hall–Kier alpha value is -2.89. The largest absolute Gasteiger partial charge is 0.398 e. The van der Waals surface area contributed by atoms with Gasteiger partial charge in [-0.2, -0.15) is 0 Å². The summed E-state index contributed by atoms with van der Waals surface area (Å²) in [5, 5.41) is 13.5. The average Bonchev–Trinajstić information content (AvgIpc) is 2.48. The molecule has 0 aliphatic rings. The lowest BCUT2D eigenvalue weighted by Crippen LogP contribution is -2.24. The van der Waals surface area contributed by atoms with Gasteiger partial charge in [0.1, 0.15) is 0 Å². The van der Waals surface area contributed by atoms with Crippen molar-refractivity contribution in [3.63, 3.8) is 0 Å². The number of carbonyl (C=O) groups excluding carboxylic acids is 1. The number of nitro groups is 1. The van der Waals surface area contributed by atoms with Gasteiger partial charge in [0.15, 0.2) is 0 Å². The van der Waals surface area contributed by atoms with Crippen LogP contribution in [-0.2, 0) is 6.54 Å². The number of anilines is 1. The van der Waals surface area contributed by atoms with Gasteiger partial charge in [-0.25, -0.2) is 0 Å². The van der Waals surface area contributed by atoms with Gasteiger partial charge in [0.05, 0.1) is 10.5 Å². The molecule has 0 aliphatic carbocycles. The second-order valence-corrected chi connectivity index (χ2v) is 5.13. The lowest BCUT2D eigenvalue weighted by molar-refractivity contribution is -0.384. The van der Waals surface area contributed by atoms with Crippen LogP contribution in [0.5, 0.6) is 0 Å². The molecule has 6 heteroatoms. The smallest absolute Gasteiger partial charge is 0.270 e. The van der Waals surface area contributed by atoms with Crippen molar-refractivity contribution < 1.29 is 9.72 Å². The minimum Gasteiger partial charge on any atom is -0.398 e. The zero-order valence-corrected chi connectivity index (χ0v) is 12.4. The molecule has 6 nitrogen and oxygen atoms in total. The monoisotopic (exact) mass is 299 g/mol. The Morgan fingerprint density at radius 2 is 1.91 bits per heavy atom. The number of nitrogens with two attached hydrogens (primary N) is 1. The van der Waals surface area contributed by atoms with Gasteiger partial charge in [-0.3, -0.25) is 14.9 Å². The summed E-state index contributed by atoms with van der Waals surface area (Å²) < 4.78 is 0. The zero-order valence-electron chi connectivity index (χ0n) is 12.4. The van der Waals surface area contributed by atoms with Crippen molar-refractivity contribution in [1.82, 2.24) is 5.32 Å². The maximum Gasteiger partial charge on any atom is 0.270 e. The number of nitrogens with one attached hydrogen (secondary N) is 1. The van der Waals surface area contributed by atoms with Crippen molar-refractivity contribution in [1.29, 1.82) is 0 Å². The number of hydrogen-bond acceptors (Lipinski definition) is 4. The molecule has 0 saturated carbocycles. The molecule has 0 atom stereocenters. The van der Waals surface area contributed by atoms with Crippen molar-refractivity contribution >= 4 is 17.3 Å². The van der Waals surface area contributed by atoms with E-state index in [2.05, 4.69) is 5.32 Å². The van der Waals surface area contributed by atoms with Crippen LogP contribution in [0.15, 0.2) is 36.4 Å². The van der Waals surface area contributed by atoms with Crippen LogP contribution in [0.25, 0.3) is 0 Å². The third-order valence-corrected chi connectivity index (χ3v) is 3.52. The Labute approximate surface area is 128 Å². The Bertz CT molecular complexity index is 741. The van der Waals surface area contributed by atoms with Gasteiger partial charge in [0.2, 0.25) is 0 Å². The van der Waals surface area contributed by atoms with Gasteiger partial charge in [-0.1, -0.05) is 18.2 Å². The summed E-state index contributed by atoms with van der Waals surface area (Å²) >= 11 is 0. The first-order valence-corrected chi connectivity index (χ1v) is 6.76. The van der Waals surface area contributed by atoms with Crippen molar-refractivity contribution in [3.8, 4) is 0 Å². The predicted octanol–water partition coefficient (Wildman–Crippen LogP) is 2.72. The van der Waals surface area contributed by atoms with E-state index in [4.69, 9.17) is 5.73 Å². The number of rotatable bonds is 4. The van der Waals surface area contributed by atoms with E-state index in [-0.39, 0.29) is 16.9 Å². The molecule has 0 saturated heterocycles. The molecule has 0 heterocycles.